The Bertz CT molecular complexity index is 713. The summed E-state index contributed by atoms with van der Waals surface area (Å²) in [5, 5.41) is 6.74. The average Bonchev–Trinajstić information content (AvgIpc) is 3.07. The SMILES string of the molecule is Cc1occc1C(=O)Nc1ncn(CC(=O)N2CCCCCC2)n1. The molecule has 3 rings (SSSR count). The number of hydrogen-bond acceptors (Lipinski definition) is 5. The Morgan fingerprint density at radius 2 is 2.00 bits per heavy atom. The molecule has 1 aliphatic rings. The van der Waals surface area contributed by atoms with Crippen molar-refractivity contribution in [3.63, 3.8) is 0 Å². The van der Waals surface area contributed by atoms with Gasteiger partial charge in [-0.25, -0.2) is 9.67 Å². The van der Waals surface area contributed by atoms with E-state index >= 15 is 0 Å². The molecule has 2 aromatic rings. The van der Waals surface area contributed by atoms with Crippen LogP contribution in [0, 0.1) is 6.92 Å². The molecule has 2 amide bonds. The molecule has 0 atom stereocenters. The number of aryl methyl sites for hydroxylation is 1. The first-order chi connectivity index (χ1) is 11.6. The van der Waals surface area contributed by atoms with E-state index in [4.69, 9.17) is 4.42 Å². The molecule has 0 aromatic carbocycles. The van der Waals surface area contributed by atoms with Crippen molar-refractivity contribution in [1.82, 2.24) is 19.7 Å². The lowest BCUT2D eigenvalue weighted by atomic mass is 10.2. The standard InChI is InChI=1S/C16H21N5O3/c1-12-13(6-9-24-12)15(23)18-16-17-11-21(19-16)10-14(22)20-7-4-2-3-5-8-20/h6,9,11H,2-5,7-8,10H2,1H3,(H,18,19,23). The predicted molar refractivity (Wildman–Crippen MR) is 86.5 cm³/mol. The zero-order valence-corrected chi connectivity index (χ0v) is 13.7. The highest BCUT2D eigenvalue weighted by Gasteiger charge is 2.17. The molecule has 3 heterocycles. The molecule has 1 aliphatic heterocycles. The van der Waals surface area contributed by atoms with E-state index in [-0.39, 0.29) is 24.3 Å². The van der Waals surface area contributed by atoms with Gasteiger partial charge in [-0.15, -0.1) is 5.10 Å². The van der Waals surface area contributed by atoms with E-state index in [1.807, 2.05) is 4.90 Å². The van der Waals surface area contributed by atoms with E-state index in [9.17, 15) is 9.59 Å². The average molecular weight is 331 g/mol. The van der Waals surface area contributed by atoms with Gasteiger partial charge in [-0.05, 0) is 25.8 Å². The third-order valence-electron chi connectivity index (χ3n) is 4.12. The molecule has 1 fully saturated rings. The van der Waals surface area contributed by atoms with Gasteiger partial charge in [0.1, 0.15) is 18.6 Å². The maximum Gasteiger partial charge on any atom is 0.261 e. The first kappa shape index (κ1) is 16.2. The molecule has 8 nitrogen and oxygen atoms in total. The summed E-state index contributed by atoms with van der Waals surface area (Å²) in [5.41, 5.74) is 0.437. The number of rotatable bonds is 4. The molecule has 2 aromatic heterocycles. The quantitative estimate of drug-likeness (QED) is 0.922. The van der Waals surface area contributed by atoms with Crippen LogP contribution in [0.3, 0.4) is 0 Å². The minimum Gasteiger partial charge on any atom is -0.469 e. The fourth-order valence-electron chi connectivity index (χ4n) is 2.78. The molecule has 1 saturated heterocycles. The summed E-state index contributed by atoms with van der Waals surface area (Å²) in [6.45, 7) is 3.45. The van der Waals surface area contributed by atoms with Crippen molar-refractivity contribution in [2.45, 2.75) is 39.2 Å². The molecule has 1 N–H and O–H groups in total. The van der Waals surface area contributed by atoms with E-state index < -0.39 is 0 Å². The number of aromatic nitrogens is 3. The minimum atomic E-state index is -0.335. The zero-order valence-electron chi connectivity index (χ0n) is 13.7. The summed E-state index contributed by atoms with van der Waals surface area (Å²) in [5.74, 6) is 0.399. The van der Waals surface area contributed by atoms with Crippen LogP contribution in [-0.2, 0) is 11.3 Å². The summed E-state index contributed by atoms with van der Waals surface area (Å²) in [6.07, 6.45) is 7.36. The fraction of sp³-hybridized carbons (Fsp3) is 0.500. The Morgan fingerprint density at radius 1 is 1.25 bits per heavy atom. The van der Waals surface area contributed by atoms with Gasteiger partial charge in [0, 0.05) is 13.1 Å². The Morgan fingerprint density at radius 3 is 2.67 bits per heavy atom. The lowest BCUT2D eigenvalue weighted by Crippen LogP contribution is -2.34. The number of hydrogen-bond donors (Lipinski definition) is 1. The van der Waals surface area contributed by atoms with E-state index in [0.717, 1.165) is 25.9 Å². The molecular formula is C16H21N5O3. The molecule has 0 radical (unpaired) electrons. The van der Waals surface area contributed by atoms with Crippen LogP contribution < -0.4 is 5.32 Å². The minimum absolute atomic E-state index is 0.0327. The first-order valence-corrected chi connectivity index (χ1v) is 8.16. The Balaban J connectivity index is 1.58. The number of nitrogens with zero attached hydrogens (tertiary/aromatic N) is 4. The second-order valence-electron chi connectivity index (χ2n) is 5.91. The zero-order chi connectivity index (χ0) is 16.9. The van der Waals surface area contributed by atoms with Crippen molar-refractivity contribution in [2.75, 3.05) is 18.4 Å². The van der Waals surface area contributed by atoms with Gasteiger partial charge in [-0.3, -0.25) is 14.9 Å². The summed E-state index contributed by atoms with van der Waals surface area (Å²) in [4.78, 5) is 30.3. The Kier molecular flexibility index (Phi) is 4.93. The lowest BCUT2D eigenvalue weighted by molar-refractivity contribution is -0.132. The lowest BCUT2D eigenvalue weighted by Gasteiger charge is -2.19. The van der Waals surface area contributed by atoms with Crippen LogP contribution in [0.25, 0.3) is 0 Å². The highest BCUT2D eigenvalue weighted by molar-refractivity contribution is 6.03. The monoisotopic (exact) mass is 331 g/mol. The molecule has 0 aliphatic carbocycles. The third kappa shape index (κ3) is 3.81. The van der Waals surface area contributed by atoms with E-state index in [0.29, 0.717) is 11.3 Å². The molecular weight excluding hydrogens is 310 g/mol. The molecule has 0 saturated carbocycles. The number of nitrogens with one attached hydrogen (secondary N) is 1. The molecule has 0 unspecified atom stereocenters. The number of likely N-dealkylation sites (tertiary alicyclic amines) is 1. The van der Waals surface area contributed by atoms with E-state index in [1.54, 1.807) is 13.0 Å². The van der Waals surface area contributed by atoms with Crippen molar-refractivity contribution in [1.29, 1.82) is 0 Å². The normalized spacial score (nSPS) is 15.1. The molecule has 0 bridgehead atoms. The highest BCUT2D eigenvalue weighted by Crippen LogP contribution is 2.12. The van der Waals surface area contributed by atoms with Crippen LogP contribution in [0.2, 0.25) is 0 Å². The van der Waals surface area contributed by atoms with E-state index in [1.165, 1.54) is 30.1 Å². The molecule has 8 heteroatoms. The van der Waals surface area contributed by atoms with Gasteiger partial charge in [0.2, 0.25) is 11.9 Å². The van der Waals surface area contributed by atoms with Gasteiger partial charge in [-0.1, -0.05) is 12.8 Å². The topological polar surface area (TPSA) is 93.3 Å². The van der Waals surface area contributed by atoms with Crippen molar-refractivity contribution < 1.29 is 14.0 Å². The van der Waals surface area contributed by atoms with Gasteiger partial charge >= 0.3 is 0 Å². The first-order valence-electron chi connectivity index (χ1n) is 8.16. The highest BCUT2D eigenvalue weighted by atomic mass is 16.3. The Labute approximate surface area is 139 Å². The van der Waals surface area contributed by atoms with Gasteiger partial charge in [-0.2, -0.15) is 0 Å². The Hall–Kier alpha value is -2.64. The third-order valence-corrected chi connectivity index (χ3v) is 4.12. The van der Waals surface area contributed by atoms with Gasteiger partial charge in [0.15, 0.2) is 0 Å². The van der Waals surface area contributed by atoms with Crippen molar-refractivity contribution >= 4 is 17.8 Å². The van der Waals surface area contributed by atoms with E-state index in [2.05, 4.69) is 15.4 Å². The van der Waals surface area contributed by atoms with Crippen LogP contribution in [0.5, 0.6) is 0 Å². The van der Waals surface area contributed by atoms with Crippen LogP contribution >= 0.6 is 0 Å². The predicted octanol–water partition coefficient (Wildman–Crippen LogP) is 1.83. The number of amides is 2. The van der Waals surface area contributed by atoms with Crippen LogP contribution in [0.4, 0.5) is 5.95 Å². The second-order valence-corrected chi connectivity index (χ2v) is 5.91. The summed E-state index contributed by atoms with van der Waals surface area (Å²) in [6, 6.07) is 1.59. The smallest absolute Gasteiger partial charge is 0.261 e. The largest absolute Gasteiger partial charge is 0.469 e. The van der Waals surface area contributed by atoms with Crippen LogP contribution in [0.1, 0.15) is 41.8 Å². The van der Waals surface area contributed by atoms with Gasteiger partial charge < -0.3 is 9.32 Å². The van der Waals surface area contributed by atoms with Crippen molar-refractivity contribution in [3.8, 4) is 0 Å². The number of carbonyl (C=O) groups excluding carboxylic acids is 2. The molecule has 0 spiro atoms. The van der Waals surface area contributed by atoms with Crippen molar-refractivity contribution in [2.24, 2.45) is 0 Å². The summed E-state index contributed by atoms with van der Waals surface area (Å²) >= 11 is 0. The number of carbonyl (C=O) groups is 2. The van der Waals surface area contributed by atoms with Crippen LogP contribution in [-0.4, -0.2) is 44.6 Å². The number of anilines is 1. The maximum absolute atomic E-state index is 12.3. The fourth-order valence-corrected chi connectivity index (χ4v) is 2.78. The summed E-state index contributed by atoms with van der Waals surface area (Å²) < 4.78 is 6.55. The van der Waals surface area contributed by atoms with Crippen molar-refractivity contribution in [3.05, 3.63) is 30.0 Å². The summed E-state index contributed by atoms with van der Waals surface area (Å²) in [7, 11) is 0. The molecule has 128 valence electrons. The number of furan rings is 1. The second kappa shape index (κ2) is 7.29. The maximum atomic E-state index is 12.3. The van der Waals surface area contributed by atoms with Gasteiger partial charge in [0.05, 0.1) is 11.8 Å². The van der Waals surface area contributed by atoms with Gasteiger partial charge in [0.25, 0.3) is 5.91 Å². The molecule has 24 heavy (non-hydrogen) atoms. The van der Waals surface area contributed by atoms with Crippen LogP contribution in [0.15, 0.2) is 23.1 Å².